The number of rotatable bonds is 8. The average Bonchev–Trinajstić information content (AvgIpc) is 2.41. The minimum atomic E-state index is -0.785. The minimum Gasteiger partial charge on any atom is -0.466 e. The van der Waals surface area contributed by atoms with Gasteiger partial charge in [0, 0.05) is 13.0 Å². The van der Waals surface area contributed by atoms with E-state index in [1.54, 1.807) is 41.5 Å². The van der Waals surface area contributed by atoms with Crippen LogP contribution >= 0.6 is 0 Å². The van der Waals surface area contributed by atoms with Crippen molar-refractivity contribution in [3.63, 3.8) is 0 Å². The molecule has 0 heterocycles. The second-order valence-corrected chi connectivity index (χ2v) is 6.01. The lowest BCUT2D eigenvalue weighted by Gasteiger charge is -2.30. The molecule has 0 bridgehead atoms. The summed E-state index contributed by atoms with van der Waals surface area (Å²) in [6, 6.07) is -0.785. The molecule has 7 heteroatoms. The second-order valence-electron chi connectivity index (χ2n) is 6.01. The van der Waals surface area contributed by atoms with E-state index >= 15 is 0 Å². The maximum Gasteiger partial charge on any atom is 0.411 e. The van der Waals surface area contributed by atoms with Gasteiger partial charge in [-0.15, -0.1) is 0 Å². The zero-order chi connectivity index (χ0) is 18.0. The van der Waals surface area contributed by atoms with E-state index in [1.807, 2.05) is 0 Å². The standard InChI is InChI=1S/C16H29NO6/c1-7-21-13(18)10-9-11-17(12(3)14(19)22-8-2)15(20)23-16(4,5)6/h12H,7-11H2,1-6H3. The summed E-state index contributed by atoms with van der Waals surface area (Å²) in [5.74, 6) is -0.838. The number of nitrogens with zero attached hydrogens (tertiary/aromatic N) is 1. The van der Waals surface area contributed by atoms with Crippen molar-refractivity contribution in [2.24, 2.45) is 0 Å². The number of carbonyl (C=O) groups is 3. The number of ether oxygens (including phenoxy) is 3. The maximum atomic E-state index is 12.3. The summed E-state index contributed by atoms with van der Waals surface area (Å²) in [6.07, 6.45) is -0.0632. The van der Waals surface area contributed by atoms with Crippen molar-refractivity contribution in [3.8, 4) is 0 Å². The van der Waals surface area contributed by atoms with Gasteiger partial charge in [0.25, 0.3) is 0 Å². The van der Waals surface area contributed by atoms with E-state index in [1.165, 1.54) is 4.90 Å². The third-order valence-electron chi connectivity index (χ3n) is 2.81. The van der Waals surface area contributed by atoms with Gasteiger partial charge in [-0.3, -0.25) is 9.69 Å². The van der Waals surface area contributed by atoms with E-state index in [0.717, 1.165) is 0 Å². The Morgan fingerprint density at radius 3 is 2.09 bits per heavy atom. The molecule has 0 aliphatic carbocycles. The van der Waals surface area contributed by atoms with E-state index in [2.05, 4.69) is 0 Å². The average molecular weight is 331 g/mol. The van der Waals surface area contributed by atoms with Gasteiger partial charge in [0.05, 0.1) is 13.2 Å². The maximum absolute atomic E-state index is 12.3. The summed E-state index contributed by atoms with van der Waals surface area (Å²) < 4.78 is 15.1. The Labute approximate surface area is 138 Å². The Morgan fingerprint density at radius 1 is 1.04 bits per heavy atom. The van der Waals surface area contributed by atoms with Gasteiger partial charge in [0.15, 0.2) is 0 Å². The predicted molar refractivity (Wildman–Crippen MR) is 84.9 cm³/mol. The Hall–Kier alpha value is -1.79. The molecule has 0 aromatic rings. The molecule has 0 aliphatic heterocycles. The highest BCUT2D eigenvalue weighted by molar-refractivity contribution is 5.81. The molecule has 134 valence electrons. The highest BCUT2D eigenvalue weighted by Crippen LogP contribution is 2.14. The molecule has 0 saturated carbocycles. The smallest absolute Gasteiger partial charge is 0.411 e. The topological polar surface area (TPSA) is 82.1 Å². The number of hydrogen-bond donors (Lipinski definition) is 0. The molecule has 0 spiro atoms. The van der Waals surface area contributed by atoms with Crippen molar-refractivity contribution in [2.75, 3.05) is 19.8 Å². The van der Waals surface area contributed by atoms with E-state index in [0.29, 0.717) is 13.0 Å². The lowest BCUT2D eigenvalue weighted by atomic mass is 10.2. The molecule has 0 aromatic heterocycles. The van der Waals surface area contributed by atoms with Crippen molar-refractivity contribution in [1.82, 2.24) is 4.90 Å². The van der Waals surface area contributed by atoms with Gasteiger partial charge in [-0.25, -0.2) is 9.59 Å². The predicted octanol–water partition coefficient (Wildman–Crippen LogP) is 2.52. The van der Waals surface area contributed by atoms with Crippen LogP contribution in [-0.4, -0.2) is 54.3 Å². The highest BCUT2D eigenvalue weighted by Gasteiger charge is 2.30. The van der Waals surface area contributed by atoms with E-state index in [4.69, 9.17) is 14.2 Å². The van der Waals surface area contributed by atoms with Gasteiger partial charge < -0.3 is 14.2 Å². The first-order chi connectivity index (χ1) is 10.6. The normalized spacial score (nSPS) is 12.3. The zero-order valence-electron chi connectivity index (χ0n) is 15.0. The molecular formula is C16H29NO6. The molecule has 0 aromatic carbocycles. The number of amides is 1. The molecule has 0 radical (unpaired) electrons. The van der Waals surface area contributed by atoms with Gasteiger partial charge >= 0.3 is 18.0 Å². The molecule has 0 aliphatic rings. The van der Waals surface area contributed by atoms with Crippen LogP contribution in [0.3, 0.4) is 0 Å². The third kappa shape index (κ3) is 9.05. The molecule has 1 unspecified atom stereocenters. The molecule has 7 nitrogen and oxygen atoms in total. The van der Waals surface area contributed by atoms with Crippen LogP contribution in [0.4, 0.5) is 4.79 Å². The number of hydrogen-bond acceptors (Lipinski definition) is 6. The third-order valence-corrected chi connectivity index (χ3v) is 2.81. The van der Waals surface area contributed by atoms with Crippen LogP contribution in [0.2, 0.25) is 0 Å². The Morgan fingerprint density at radius 2 is 1.61 bits per heavy atom. The molecule has 0 fully saturated rings. The molecule has 1 atom stereocenters. The van der Waals surface area contributed by atoms with Gasteiger partial charge in [0.2, 0.25) is 0 Å². The highest BCUT2D eigenvalue weighted by atomic mass is 16.6. The monoisotopic (exact) mass is 331 g/mol. The summed E-state index contributed by atoms with van der Waals surface area (Å²) in [4.78, 5) is 36.8. The summed E-state index contributed by atoms with van der Waals surface area (Å²) in [5, 5.41) is 0. The largest absolute Gasteiger partial charge is 0.466 e. The van der Waals surface area contributed by atoms with Gasteiger partial charge in [-0.2, -0.15) is 0 Å². The SMILES string of the molecule is CCOC(=O)CCCN(C(=O)OC(C)(C)C)C(C)C(=O)OCC. The van der Waals surface area contributed by atoms with Crippen LogP contribution in [0.15, 0.2) is 0 Å². The second kappa shape index (κ2) is 10.1. The van der Waals surface area contributed by atoms with E-state index in [9.17, 15) is 14.4 Å². The zero-order valence-corrected chi connectivity index (χ0v) is 15.0. The first kappa shape index (κ1) is 21.2. The molecule has 1 amide bonds. The first-order valence-corrected chi connectivity index (χ1v) is 7.94. The van der Waals surface area contributed by atoms with Gasteiger partial charge in [-0.05, 0) is 48.0 Å². The number of carbonyl (C=O) groups excluding carboxylic acids is 3. The fraction of sp³-hybridized carbons (Fsp3) is 0.812. The lowest BCUT2D eigenvalue weighted by Crippen LogP contribution is -2.46. The minimum absolute atomic E-state index is 0.169. The molecular weight excluding hydrogens is 302 g/mol. The van der Waals surface area contributed by atoms with Crippen molar-refractivity contribution in [2.45, 2.75) is 66.0 Å². The van der Waals surface area contributed by atoms with Crippen LogP contribution in [0, 0.1) is 0 Å². The van der Waals surface area contributed by atoms with Crippen molar-refractivity contribution >= 4 is 18.0 Å². The molecule has 0 N–H and O–H groups in total. The van der Waals surface area contributed by atoms with Gasteiger partial charge in [-0.1, -0.05) is 0 Å². The Balaban J connectivity index is 4.82. The van der Waals surface area contributed by atoms with Crippen LogP contribution < -0.4 is 0 Å². The van der Waals surface area contributed by atoms with Crippen LogP contribution in [0.25, 0.3) is 0 Å². The quantitative estimate of drug-likeness (QED) is 0.502. The van der Waals surface area contributed by atoms with Crippen molar-refractivity contribution < 1.29 is 28.6 Å². The summed E-state index contributed by atoms with van der Waals surface area (Å²) in [5.41, 5.74) is -0.676. The van der Waals surface area contributed by atoms with E-state index < -0.39 is 23.7 Å². The fourth-order valence-corrected chi connectivity index (χ4v) is 1.78. The lowest BCUT2D eigenvalue weighted by molar-refractivity contribution is -0.148. The molecule has 23 heavy (non-hydrogen) atoms. The van der Waals surface area contributed by atoms with Crippen LogP contribution in [0.5, 0.6) is 0 Å². The number of esters is 2. The summed E-state index contributed by atoms with van der Waals surface area (Å²) >= 11 is 0. The molecule has 0 saturated heterocycles. The van der Waals surface area contributed by atoms with Crippen molar-refractivity contribution in [3.05, 3.63) is 0 Å². The van der Waals surface area contributed by atoms with E-state index in [-0.39, 0.29) is 25.5 Å². The summed E-state index contributed by atoms with van der Waals surface area (Å²) in [6.45, 7) is 11.0. The molecule has 0 rings (SSSR count). The van der Waals surface area contributed by atoms with Crippen LogP contribution in [-0.2, 0) is 23.8 Å². The first-order valence-electron chi connectivity index (χ1n) is 7.94. The van der Waals surface area contributed by atoms with Gasteiger partial charge in [0.1, 0.15) is 11.6 Å². The Kier molecular flexibility index (Phi) is 9.29. The fourth-order valence-electron chi connectivity index (χ4n) is 1.78. The van der Waals surface area contributed by atoms with Crippen LogP contribution in [0.1, 0.15) is 54.4 Å². The van der Waals surface area contributed by atoms with Crippen molar-refractivity contribution in [1.29, 1.82) is 0 Å². The summed E-state index contributed by atoms with van der Waals surface area (Å²) in [7, 11) is 0. The Bertz CT molecular complexity index is 402.